The van der Waals surface area contributed by atoms with E-state index in [0.717, 1.165) is 22.7 Å². The van der Waals surface area contributed by atoms with Crippen molar-refractivity contribution < 1.29 is 42.0 Å². The molecule has 2 aromatic carbocycles. The average Bonchev–Trinajstić information content (AvgIpc) is 4.06. The van der Waals surface area contributed by atoms with Crippen LogP contribution < -0.4 is 0 Å². The van der Waals surface area contributed by atoms with Gasteiger partial charge in [-0.2, -0.15) is 15.4 Å². The van der Waals surface area contributed by atoms with E-state index in [4.69, 9.17) is 4.63 Å². The summed E-state index contributed by atoms with van der Waals surface area (Å²) in [6.07, 6.45) is 0. The zero-order valence-corrected chi connectivity index (χ0v) is 33.2. The second-order valence-corrected chi connectivity index (χ2v) is 18.5. The van der Waals surface area contributed by atoms with Crippen LogP contribution in [-0.4, -0.2) is 47.9 Å². The Balaban J connectivity index is 1.03. The Morgan fingerprint density at radius 3 is 1.45 bits per heavy atom. The van der Waals surface area contributed by atoms with Gasteiger partial charge in [0.25, 0.3) is 0 Å². The molecule has 0 saturated heterocycles. The number of fused-ring (bicyclic) bond motifs is 2. The molecule has 0 aliphatic heterocycles. The Bertz CT molecular complexity index is 3270. The lowest BCUT2D eigenvalue weighted by atomic mass is 10.0. The van der Waals surface area contributed by atoms with E-state index in [0.29, 0.717) is 34.1 Å². The molecule has 8 aromatic heterocycles. The second-order valence-electron chi connectivity index (χ2n) is 12.3. The normalized spacial score (nSPS) is 11.7. The van der Waals surface area contributed by atoms with Gasteiger partial charge in [0, 0.05) is 39.0 Å². The Labute approximate surface area is 344 Å². The van der Waals surface area contributed by atoms with Crippen molar-refractivity contribution in [3.05, 3.63) is 106 Å². The summed E-state index contributed by atoms with van der Waals surface area (Å²) in [7, 11) is 0. The smallest absolute Gasteiger partial charge is 0.337 e. The first-order valence-corrected chi connectivity index (χ1v) is 21.5. The molecule has 0 aliphatic rings. The van der Waals surface area contributed by atoms with Gasteiger partial charge < -0.3 is 10.2 Å². The van der Waals surface area contributed by atoms with Crippen molar-refractivity contribution in [3.8, 4) is 71.0 Å². The van der Waals surface area contributed by atoms with Crippen LogP contribution in [0, 0.1) is 23.3 Å². The van der Waals surface area contributed by atoms with Crippen molar-refractivity contribution in [3.63, 3.8) is 0 Å². The molecule has 0 aliphatic carbocycles. The summed E-state index contributed by atoms with van der Waals surface area (Å²) in [6, 6.07) is 16.1. The summed E-state index contributed by atoms with van der Waals surface area (Å²) >= 11 is 6.77. The molecule has 0 spiro atoms. The van der Waals surface area contributed by atoms with Crippen molar-refractivity contribution in [2.24, 2.45) is 0 Å². The molecule has 20 heteroatoms. The molecule has 0 unspecified atom stereocenters. The predicted molar refractivity (Wildman–Crippen MR) is 218 cm³/mol. The maximum atomic E-state index is 16.3. The highest BCUT2D eigenvalue weighted by Crippen LogP contribution is 2.50. The van der Waals surface area contributed by atoms with Crippen LogP contribution in [-0.2, 0) is 0 Å². The van der Waals surface area contributed by atoms with Gasteiger partial charge in [0.05, 0.1) is 43.1 Å². The second kappa shape index (κ2) is 13.9. The predicted octanol–water partition coefficient (Wildman–Crippen LogP) is 12.5. The van der Waals surface area contributed by atoms with E-state index in [1.54, 1.807) is 59.3 Å². The third kappa shape index (κ3) is 5.66. The largest absolute Gasteiger partial charge is 0.478 e. The van der Waals surface area contributed by atoms with Gasteiger partial charge >= 0.3 is 11.9 Å². The summed E-state index contributed by atoms with van der Waals surface area (Å²) in [5.41, 5.74) is -1.05. The number of nitrogens with one attached hydrogen (secondary N) is 1. The zero-order chi connectivity index (χ0) is 40.0. The molecular formula is C38H15F4N5O5S6. The molecule has 286 valence electrons. The SMILES string of the molecule is O=C(O)c1cc(-c2c(F)c(F)c(-c3cc(C(=O)O)c(-c4ccc(-c5ccc(-c6c(F)c(F)c(-c7cccs7)c7n[nH]nc67)s5)s4)s3)c3nonc23)sc1-c1cccs1. The van der Waals surface area contributed by atoms with Crippen LogP contribution in [0.5, 0.6) is 0 Å². The molecule has 0 radical (unpaired) electrons. The summed E-state index contributed by atoms with van der Waals surface area (Å²) in [5.74, 6) is -7.38. The first-order valence-electron chi connectivity index (χ1n) is 16.5. The fraction of sp³-hybridized carbons (Fsp3) is 0. The highest BCUT2D eigenvalue weighted by molar-refractivity contribution is 7.28. The third-order valence-corrected chi connectivity index (χ3v) is 15.9. The van der Waals surface area contributed by atoms with E-state index in [2.05, 4.69) is 25.7 Å². The first kappa shape index (κ1) is 36.4. The van der Waals surface area contributed by atoms with Crippen LogP contribution in [0.4, 0.5) is 17.6 Å². The maximum Gasteiger partial charge on any atom is 0.337 e. The summed E-state index contributed by atoms with van der Waals surface area (Å²) in [6.45, 7) is 0. The molecule has 0 bridgehead atoms. The van der Waals surface area contributed by atoms with Crippen LogP contribution in [0.2, 0.25) is 0 Å². The van der Waals surface area contributed by atoms with Gasteiger partial charge in [-0.05, 0) is 69.6 Å². The Morgan fingerprint density at radius 2 is 0.948 bits per heavy atom. The lowest BCUT2D eigenvalue weighted by Crippen LogP contribution is -1.97. The molecular weight excluding hydrogens is 875 g/mol. The lowest BCUT2D eigenvalue weighted by molar-refractivity contribution is 0.0687. The molecule has 10 nitrogen and oxygen atoms in total. The number of benzene rings is 2. The number of hydrogen-bond acceptors (Lipinski definition) is 13. The number of thiophene rings is 6. The number of hydrogen-bond donors (Lipinski definition) is 3. The van der Waals surface area contributed by atoms with Crippen LogP contribution in [0.15, 0.2) is 76.1 Å². The zero-order valence-electron chi connectivity index (χ0n) is 28.3. The number of H-pyrrole nitrogens is 1. The fourth-order valence-electron chi connectivity index (χ4n) is 6.59. The number of rotatable bonds is 9. The van der Waals surface area contributed by atoms with Crippen molar-refractivity contribution >= 4 is 102 Å². The van der Waals surface area contributed by atoms with E-state index >= 15 is 17.6 Å². The van der Waals surface area contributed by atoms with Gasteiger partial charge in [-0.15, -0.1) is 68.0 Å². The minimum Gasteiger partial charge on any atom is -0.478 e. The number of aromatic nitrogens is 5. The van der Waals surface area contributed by atoms with Crippen LogP contribution in [0.3, 0.4) is 0 Å². The minimum atomic E-state index is -1.35. The van der Waals surface area contributed by atoms with Crippen LogP contribution >= 0.6 is 68.0 Å². The van der Waals surface area contributed by atoms with E-state index in [9.17, 15) is 19.8 Å². The Kier molecular flexibility index (Phi) is 8.73. The van der Waals surface area contributed by atoms with E-state index in [-0.39, 0.29) is 70.1 Å². The highest BCUT2D eigenvalue weighted by Gasteiger charge is 2.32. The summed E-state index contributed by atoms with van der Waals surface area (Å²) < 4.78 is 68.9. The maximum absolute atomic E-state index is 16.3. The third-order valence-electron chi connectivity index (χ3n) is 9.10. The van der Waals surface area contributed by atoms with Gasteiger partial charge in [-0.1, -0.05) is 12.1 Å². The summed E-state index contributed by atoms with van der Waals surface area (Å²) in [5, 5.41) is 42.1. The number of carboxylic acid groups (broad SMARTS) is 2. The number of nitrogens with zero attached hydrogens (tertiary/aromatic N) is 4. The standard InChI is InChI=1S/C38H15F4N5O5S6/c39-27-23(17-3-1-9-53-17)31-32(44-47-43-31)24(28(27)40)18-7-5-15(55-18)16-6-8-20(56-16)36-14(38(50)51)12-22(58-36)26-30(42)29(41)25(33-34(26)46-52-45-33)21-11-13(37(48)49)35(57-21)19-4-2-10-54-19/h1-12H,(H,48,49)(H,50,51)(H,43,44,47). The lowest BCUT2D eigenvalue weighted by Gasteiger charge is -2.07. The molecule has 58 heavy (non-hydrogen) atoms. The molecule has 10 aromatic rings. The monoisotopic (exact) mass is 889 g/mol. The van der Waals surface area contributed by atoms with Crippen LogP contribution in [0.25, 0.3) is 93.1 Å². The van der Waals surface area contributed by atoms with Gasteiger partial charge in [0.2, 0.25) is 0 Å². The molecule has 0 saturated carbocycles. The summed E-state index contributed by atoms with van der Waals surface area (Å²) in [4.78, 5) is 28.8. The van der Waals surface area contributed by atoms with Gasteiger partial charge in [-0.3, -0.25) is 0 Å². The van der Waals surface area contributed by atoms with E-state index in [1.807, 2.05) is 0 Å². The molecule has 8 heterocycles. The molecule has 3 N–H and O–H groups in total. The number of carboxylic acids is 2. The average molecular weight is 890 g/mol. The van der Waals surface area contributed by atoms with Crippen LogP contribution in [0.1, 0.15) is 20.7 Å². The molecule has 10 rings (SSSR count). The minimum absolute atomic E-state index is 0.0172. The molecule has 0 atom stereocenters. The van der Waals surface area contributed by atoms with Crippen molar-refractivity contribution in [2.45, 2.75) is 0 Å². The molecule has 0 fully saturated rings. The number of aromatic amines is 1. The van der Waals surface area contributed by atoms with Crippen molar-refractivity contribution in [2.75, 3.05) is 0 Å². The Morgan fingerprint density at radius 1 is 0.517 bits per heavy atom. The highest BCUT2D eigenvalue weighted by atomic mass is 32.1. The Hall–Kier alpha value is -5.90. The van der Waals surface area contributed by atoms with E-state index in [1.165, 1.54) is 57.5 Å². The first-order chi connectivity index (χ1) is 28.1. The fourth-order valence-corrected chi connectivity index (χ4v) is 12.9. The van der Waals surface area contributed by atoms with Gasteiger partial charge in [0.1, 0.15) is 22.1 Å². The molecule has 0 amide bonds. The number of carbonyl (C=O) groups is 2. The van der Waals surface area contributed by atoms with Crippen molar-refractivity contribution in [1.29, 1.82) is 0 Å². The van der Waals surface area contributed by atoms with E-state index < -0.39 is 35.2 Å². The van der Waals surface area contributed by atoms with Crippen molar-refractivity contribution in [1.82, 2.24) is 25.7 Å². The quantitative estimate of drug-likeness (QED) is 0.120. The topological polar surface area (TPSA) is 155 Å². The number of halogens is 4. The number of aromatic carboxylic acids is 2. The van der Waals surface area contributed by atoms with Gasteiger partial charge in [-0.25, -0.2) is 31.8 Å². The van der Waals surface area contributed by atoms with Gasteiger partial charge in [0.15, 0.2) is 23.3 Å².